The van der Waals surface area contributed by atoms with E-state index in [1.807, 2.05) is 0 Å². The van der Waals surface area contributed by atoms with Crippen LogP contribution < -0.4 is 10.6 Å². The van der Waals surface area contributed by atoms with Crippen molar-refractivity contribution in [2.75, 3.05) is 5.32 Å². The predicted octanol–water partition coefficient (Wildman–Crippen LogP) is 2.83. The second-order valence-corrected chi connectivity index (χ2v) is 4.94. The zero-order chi connectivity index (χ0) is 12.8. The first-order chi connectivity index (χ1) is 8.52. The van der Waals surface area contributed by atoms with Gasteiger partial charge in [0.25, 0.3) is 0 Å². The highest BCUT2D eigenvalue weighted by Crippen LogP contribution is 2.31. The molecule has 7 heteroatoms. The van der Waals surface area contributed by atoms with E-state index in [-0.39, 0.29) is 18.4 Å². The topological polar surface area (TPSA) is 37.0 Å². The zero-order valence-electron chi connectivity index (χ0n) is 10.1. The van der Waals surface area contributed by atoms with Crippen LogP contribution in [0.15, 0.2) is 18.2 Å². The van der Waals surface area contributed by atoms with Gasteiger partial charge in [-0.25, -0.2) is 4.98 Å². The SMILES string of the molecule is Cl.FC(F)(F)c1cccc(NC2CC3CCC2N3)n1. The summed E-state index contributed by atoms with van der Waals surface area (Å²) in [4.78, 5) is 3.63. The van der Waals surface area contributed by atoms with Gasteiger partial charge >= 0.3 is 6.18 Å². The average molecular weight is 294 g/mol. The van der Waals surface area contributed by atoms with Crippen molar-refractivity contribution in [2.45, 2.75) is 43.6 Å². The van der Waals surface area contributed by atoms with Crippen molar-refractivity contribution in [3.63, 3.8) is 0 Å². The first-order valence-electron chi connectivity index (χ1n) is 6.09. The summed E-state index contributed by atoms with van der Waals surface area (Å²) in [6.07, 6.45) is -1.17. The summed E-state index contributed by atoms with van der Waals surface area (Å²) in [5.41, 5.74) is -0.844. The lowest BCUT2D eigenvalue weighted by atomic mass is 9.95. The van der Waals surface area contributed by atoms with Gasteiger partial charge in [0.15, 0.2) is 0 Å². The number of rotatable bonds is 2. The summed E-state index contributed by atoms with van der Waals surface area (Å²) < 4.78 is 37.6. The lowest BCUT2D eigenvalue weighted by molar-refractivity contribution is -0.141. The summed E-state index contributed by atoms with van der Waals surface area (Å²) in [6.45, 7) is 0. The summed E-state index contributed by atoms with van der Waals surface area (Å²) in [6, 6.07) is 5.04. The average Bonchev–Trinajstić information content (AvgIpc) is 2.90. The van der Waals surface area contributed by atoms with Crippen LogP contribution in [0.4, 0.5) is 19.0 Å². The van der Waals surface area contributed by atoms with Crippen LogP contribution in [0.1, 0.15) is 25.0 Å². The molecule has 2 saturated heterocycles. The number of hydrogen-bond donors (Lipinski definition) is 2. The van der Waals surface area contributed by atoms with Gasteiger partial charge in [0, 0.05) is 18.1 Å². The Morgan fingerprint density at radius 3 is 2.63 bits per heavy atom. The molecule has 0 spiro atoms. The molecule has 0 radical (unpaired) electrons. The molecule has 2 bridgehead atoms. The molecule has 0 aromatic carbocycles. The van der Waals surface area contributed by atoms with E-state index < -0.39 is 11.9 Å². The molecule has 3 atom stereocenters. The molecular formula is C12H15ClF3N3. The van der Waals surface area contributed by atoms with E-state index in [0.29, 0.717) is 17.9 Å². The van der Waals surface area contributed by atoms with E-state index in [0.717, 1.165) is 18.9 Å². The van der Waals surface area contributed by atoms with Crippen molar-refractivity contribution in [3.05, 3.63) is 23.9 Å². The van der Waals surface area contributed by atoms with E-state index in [2.05, 4.69) is 15.6 Å². The summed E-state index contributed by atoms with van der Waals surface area (Å²) >= 11 is 0. The second-order valence-electron chi connectivity index (χ2n) is 4.94. The van der Waals surface area contributed by atoms with Crippen LogP contribution in [0.25, 0.3) is 0 Å². The number of nitrogens with zero attached hydrogens (tertiary/aromatic N) is 1. The molecular weight excluding hydrogens is 279 g/mol. The smallest absolute Gasteiger partial charge is 0.366 e. The monoisotopic (exact) mass is 293 g/mol. The third-order valence-electron chi connectivity index (χ3n) is 3.67. The molecule has 2 aliphatic heterocycles. The van der Waals surface area contributed by atoms with Crippen molar-refractivity contribution < 1.29 is 13.2 Å². The Morgan fingerprint density at radius 1 is 1.26 bits per heavy atom. The number of aromatic nitrogens is 1. The number of pyridine rings is 1. The molecule has 3 unspecified atom stereocenters. The first-order valence-corrected chi connectivity index (χ1v) is 6.09. The largest absolute Gasteiger partial charge is 0.433 e. The van der Waals surface area contributed by atoms with Crippen LogP contribution in [0.3, 0.4) is 0 Å². The lowest BCUT2D eigenvalue weighted by Crippen LogP contribution is -2.33. The molecule has 0 saturated carbocycles. The highest BCUT2D eigenvalue weighted by molar-refractivity contribution is 5.85. The minimum Gasteiger partial charge on any atom is -0.366 e. The van der Waals surface area contributed by atoms with E-state index in [1.54, 1.807) is 6.07 Å². The zero-order valence-corrected chi connectivity index (χ0v) is 10.9. The number of fused-ring (bicyclic) bond motifs is 2. The molecule has 2 aliphatic rings. The van der Waals surface area contributed by atoms with Crippen molar-refractivity contribution in [1.29, 1.82) is 0 Å². The molecule has 106 valence electrons. The van der Waals surface area contributed by atoms with Crippen molar-refractivity contribution >= 4 is 18.2 Å². The fourth-order valence-corrected chi connectivity index (χ4v) is 2.85. The Labute approximate surface area is 115 Å². The minimum atomic E-state index is -4.38. The lowest BCUT2D eigenvalue weighted by Gasteiger charge is -2.22. The predicted molar refractivity (Wildman–Crippen MR) is 68.5 cm³/mol. The summed E-state index contributed by atoms with van der Waals surface area (Å²) in [7, 11) is 0. The van der Waals surface area contributed by atoms with Gasteiger partial charge in [-0.05, 0) is 31.4 Å². The molecule has 3 heterocycles. The van der Waals surface area contributed by atoms with Gasteiger partial charge in [0.05, 0.1) is 0 Å². The highest BCUT2D eigenvalue weighted by atomic mass is 35.5. The van der Waals surface area contributed by atoms with Gasteiger partial charge in [-0.1, -0.05) is 6.07 Å². The highest BCUT2D eigenvalue weighted by Gasteiger charge is 2.39. The van der Waals surface area contributed by atoms with Gasteiger partial charge < -0.3 is 10.6 Å². The Kier molecular flexibility index (Phi) is 3.92. The van der Waals surface area contributed by atoms with Crippen LogP contribution in [0.5, 0.6) is 0 Å². The Balaban J connectivity index is 0.00000133. The maximum Gasteiger partial charge on any atom is 0.433 e. The molecule has 3 nitrogen and oxygen atoms in total. The van der Waals surface area contributed by atoms with Gasteiger partial charge in [0.1, 0.15) is 11.5 Å². The molecule has 3 rings (SSSR count). The third-order valence-corrected chi connectivity index (χ3v) is 3.67. The number of nitrogens with one attached hydrogen (secondary N) is 2. The normalized spacial score (nSPS) is 29.1. The summed E-state index contributed by atoms with van der Waals surface area (Å²) in [5.74, 6) is 0.309. The second kappa shape index (κ2) is 5.17. The minimum absolute atomic E-state index is 0. The van der Waals surface area contributed by atoms with E-state index in [4.69, 9.17) is 0 Å². The quantitative estimate of drug-likeness (QED) is 0.880. The third kappa shape index (κ3) is 2.95. The number of halogens is 4. The first kappa shape index (κ1) is 14.4. The van der Waals surface area contributed by atoms with Crippen LogP contribution >= 0.6 is 12.4 Å². The fourth-order valence-electron chi connectivity index (χ4n) is 2.85. The molecule has 2 fully saturated rings. The van der Waals surface area contributed by atoms with Gasteiger partial charge in [-0.2, -0.15) is 13.2 Å². The van der Waals surface area contributed by atoms with Gasteiger partial charge in [0.2, 0.25) is 0 Å². The maximum atomic E-state index is 12.5. The van der Waals surface area contributed by atoms with Crippen molar-refractivity contribution in [1.82, 2.24) is 10.3 Å². The fraction of sp³-hybridized carbons (Fsp3) is 0.583. The molecule has 1 aromatic rings. The molecule has 19 heavy (non-hydrogen) atoms. The summed E-state index contributed by atoms with van der Waals surface area (Å²) in [5, 5.41) is 6.54. The molecule has 0 aliphatic carbocycles. The Hall–Kier alpha value is -1.01. The number of anilines is 1. The van der Waals surface area contributed by atoms with E-state index >= 15 is 0 Å². The van der Waals surface area contributed by atoms with E-state index in [9.17, 15) is 13.2 Å². The Bertz CT molecular complexity index is 452. The standard InChI is InChI=1S/C12H14F3N3.ClH/c13-12(14,15)10-2-1-3-11(18-10)17-9-6-7-4-5-8(9)16-7;/h1-3,7-9,16H,4-6H2,(H,17,18);1H. The maximum absolute atomic E-state index is 12.5. The van der Waals surface area contributed by atoms with Crippen molar-refractivity contribution in [3.8, 4) is 0 Å². The van der Waals surface area contributed by atoms with E-state index in [1.165, 1.54) is 12.5 Å². The molecule has 0 amide bonds. The number of alkyl halides is 3. The van der Waals surface area contributed by atoms with Crippen LogP contribution in [-0.2, 0) is 6.18 Å². The molecule has 1 aromatic heterocycles. The van der Waals surface area contributed by atoms with Crippen molar-refractivity contribution in [2.24, 2.45) is 0 Å². The Morgan fingerprint density at radius 2 is 2.05 bits per heavy atom. The van der Waals surface area contributed by atoms with Crippen LogP contribution in [0.2, 0.25) is 0 Å². The number of hydrogen-bond acceptors (Lipinski definition) is 3. The van der Waals surface area contributed by atoms with Crippen LogP contribution in [-0.4, -0.2) is 23.1 Å². The van der Waals surface area contributed by atoms with Gasteiger partial charge in [-0.3, -0.25) is 0 Å². The van der Waals surface area contributed by atoms with Crippen LogP contribution in [0, 0.1) is 0 Å². The molecule has 2 N–H and O–H groups in total. The van der Waals surface area contributed by atoms with Gasteiger partial charge in [-0.15, -0.1) is 12.4 Å².